The first-order chi connectivity index (χ1) is 11.5. The van der Waals surface area contributed by atoms with Gasteiger partial charge in [-0.05, 0) is 36.8 Å². The van der Waals surface area contributed by atoms with E-state index < -0.39 is 0 Å². The van der Waals surface area contributed by atoms with Crippen LogP contribution >= 0.6 is 11.3 Å². The van der Waals surface area contributed by atoms with E-state index in [0.717, 1.165) is 24.1 Å². The second-order valence-electron chi connectivity index (χ2n) is 6.49. The minimum absolute atomic E-state index is 0.0490. The van der Waals surface area contributed by atoms with E-state index in [9.17, 15) is 9.59 Å². The molecule has 1 N–H and O–H groups in total. The number of carbonyl (C=O) groups is 1. The summed E-state index contributed by atoms with van der Waals surface area (Å²) in [6.45, 7) is 6.34. The predicted octanol–water partition coefficient (Wildman–Crippen LogP) is 3.30. The van der Waals surface area contributed by atoms with Crippen LogP contribution in [-0.2, 0) is 11.3 Å². The summed E-state index contributed by atoms with van der Waals surface area (Å²) in [5.74, 6) is 0.501. The van der Waals surface area contributed by atoms with E-state index in [0.29, 0.717) is 11.6 Å². The summed E-state index contributed by atoms with van der Waals surface area (Å²) in [5, 5.41) is 9.20. The largest absolute Gasteiger partial charge is 0.352 e. The Morgan fingerprint density at radius 3 is 2.71 bits per heavy atom. The fraction of sp³-hybridized carbons (Fsp3) is 0.500. The Morgan fingerprint density at radius 1 is 1.25 bits per heavy atom. The van der Waals surface area contributed by atoms with E-state index in [1.807, 2.05) is 24.4 Å². The van der Waals surface area contributed by atoms with Crippen molar-refractivity contribution in [2.45, 2.75) is 52.6 Å². The van der Waals surface area contributed by atoms with E-state index in [1.54, 1.807) is 17.4 Å². The normalized spacial score (nSPS) is 12.3. The highest BCUT2D eigenvalue weighted by atomic mass is 32.1. The van der Waals surface area contributed by atoms with Crippen LogP contribution in [0.2, 0.25) is 0 Å². The molecule has 24 heavy (non-hydrogen) atoms. The lowest BCUT2D eigenvalue weighted by atomic mass is 10.0. The average Bonchev–Trinajstić information content (AvgIpc) is 3.03. The molecule has 0 spiro atoms. The molecule has 0 aliphatic heterocycles. The zero-order valence-electron chi connectivity index (χ0n) is 14.5. The summed E-state index contributed by atoms with van der Waals surface area (Å²) in [4.78, 5) is 25.1. The van der Waals surface area contributed by atoms with Gasteiger partial charge in [-0.2, -0.15) is 5.10 Å². The van der Waals surface area contributed by atoms with Gasteiger partial charge < -0.3 is 5.32 Å². The Balaban J connectivity index is 1.94. The van der Waals surface area contributed by atoms with Gasteiger partial charge in [-0.3, -0.25) is 9.59 Å². The quantitative estimate of drug-likeness (QED) is 0.797. The summed E-state index contributed by atoms with van der Waals surface area (Å²) in [6.07, 6.45) is 3.19. The van der Waals surface area contributed by atoms with Crippen LogP contribution < -0.4 is 10.9 Å². The molecule has 0 bridgehead atoms. The Morgan fingerprint density at radius 2 is 2.04 bits per heavy atom. The van der Waals surface area contributed by atoms with Gasteiger partial charge in [0, 0.05) is 12.1 Å². The van der Waals surface area contributed by atoms with Crippen molar-refractivity contribution < 1.29 is 4.79 Å². The molecule has 1 atom stereocenters. The number of hydrogen-bond donors (Lipinski definition) is 1. The van der Waals surface area contributed by atoms with E-state index in [4.69, 9.17) is 0 Å². The first-order valence-corrected chi connectivity index (χ1v) is 9.25. The molecule has 0 unspecified atom stereocenters. The third kappa shape index (κ3) is 5.60. The Hall–Kier alpha value is -1.95. The molecule has 2 aromatic rings. The molecule has 0 radical (unpaired) electrons. The summed E-state index contributed by atoms with van der Waals surface area (Å²) in [6, 6.07) is 7.13. The standard InChI is InChI=1S/C18H25N3O2S/c1-13(2)6-4-7-14(3)19-17(22)12-21-18(23)10-9-15(20-21)16-8-5-11-24-16/h5,8-11,13-14H,4,6-7,12H2,1-3H3,(H,19,22)/t14-/m0/s1. The van der Waals surface area contributed by atoms with Crippen LogP contribution in [-0.4, -0.2) is 21.7 Å². The topological polar surface area (TPSA) is 64.0 Å². The number of hydrogen-bond acceptors (Lipinski definition) is 4. The smallest absolute Gasteiger partial charge is 0.267 e. The molecule has 5 nitrogen and oxygen atoms in total. The minimum Gasteiger partial charge on any atom is -0.352 e. The lowest BCUT2D eigenvalue weighted by molar-refractivity contribution is -0.122. The van der Waals surface area contributed by atoms with Gasteiger partial charge in [-0.15, -0.1) is 11.3 Å². The van der Waals surface area contributed by atoms with Crippen molar-refractivity contribution in [3.8, 4) is 10.6 Å². The van der Waals surface area contributed by atoms with Crippen LogP contribution in [0.3, 0.4) is 0 Å². The maximum absolute atomic E-state index is 12.2. The maximum atomic E-state index is 12.2. The minimum atomic E-state index is -0.266. The number of aromatic nitrogens is 2. The first-order valence-electron chi connectivity index (χ1n) is 8.37. The summed E-state index contributed by atoms with van der Waals surface area (Å²) in [5.41, 5.74) is 0.445. The molecule has 6 heteroatoms. The van der Waals surface area contributed by atoms with Gasteiger partial charge in [-0.25, -0.2) is 4.68 Å². The highest BCUT2D eigenvalue weighted by Gasteiger charge is 2.11. The van der Waals surface area contributed by atoms with Crippen LogP contribution in [0, 0.1) is 5.92 Å². The van der Waals surface area contributed by atoms with Crippen molar-refractivity contribution in [1.29, 1.82) is 0 Å². The molecule has 0 saturated carbocycles. The number of nitrogens with zero attached hydrogens (tertiary/aromatic N) is 2. The molecule has 2 aromatic heterocycles. The highest BCUT2D eigenvalue weighted by molar-refractivity contribution is 7.13. The van der Waals surface area contributed by atoms with E-state index in [-0.39, 0.29) is 24.1 Å². The molecule has 1 amide bonds. The fourth-order valence-electron chi connectivity index (χ4n) is 2.48. The van der Waals surface area contributed by atoms with Crippen LogP contribution in [0.25, 0.3) is 10.6 Å². The zero-order chi connectivity index (χ0) is 17.5. The third-order valence-corrected chi connectivity index (χ3v) is 4.65. The Kier molecular flexibility index (Phi) is 6.73. The zero-order valence-corrected chi connectivity index (χ0v) is 15.3. The van der Waals surface area contributed by atoms with Crippen molar-refractivity contribution in [2.75, 3.05) is 0 Å². The number of carbonyl (C=O) groups excluding carboxylic acids is 1. The van der Waals surface area contributed by atoms with Crippen molar-refractivity contribution in [2.24, 2.45) is 5.92 Å². The maximum Gasteiger partial charge on any atom is 0.267 e. The molecular weight excluding hydrogens is 322 g/mol. The third-order valence-electron chi connectivity index (χ3n) is 3.76. The summed E-state index contributed by atoms with van der Waals surface area (Å²) >= 11 is 1.55. The van der Waals surface area contributed by atoms with Crippen LogP contribution in [0.5, 0.6) is 0 Å². The number of amides is 1. The number of rotatable bonds is 8. The fourth-order valence-corrected chi connectivity index (χ4v) is 3.17. The molecule has 0 aliphatic rings. The molecule has 0 aliphatic carbocycles. The van der Waals surface area contributed by atoms with Crippen molar-refractivity contribution >= 4 is 17.2 Å². The molecule has 0 fully saturated rings. The van der Waals surface area contributed by atoms with Gasteiger partial charge in [0.25, 0.3) is 5.56 Å². The van der Waals surface area contributed by atoms with Crippen molar-refractivity contribution in [1.82, 2.24) is 15.1 Å². The van der Waals surface area contributed by atoms with Gasteiger partial charge in [0.15, 0.2) is 0 Å². The lowest BCUT2D eigenvalue weighted by Crippen LogP contribution is -2.38. The molecule has 130 valence electrons. The number of nitrogens with one attached hydrogen (secondary N) is 1. The van der Waals surface area contributed by atoms with Crippen LogP contribution in [0.4, 0.5) is 0 Å². The van der Waals surface area contributed by atoms with Crippen molar-refractivity contribution in [3.63, 3.8) is 0 Å². The van der Waals surface area contributed by atoms with E-state index >= 15 is 0 Å². The lowest BCUT2D eigenvalue weighted by Gasteiger charge is -2.15. The molecule has 0 aromatic carbocycles. The highest BCUT2D eigenvalue weighted by Crippen LogP contribution is 2.21. The molecule has 2 rings (SSSR count). The van der Waals surface area contributed by atoms with Crippen LogP contribution in [0.1, 0.15) is 40.0 Å². The molecule has 0 saturated heterocycles. The average molecular weight is 347 g/mol. The van der Waals surface area contributed by atoms with Gasteiger partial charge in [0.1, 0.15) is 12.2 Å². The van der Waals surface area contributed by atoms with E-state index in [1.165, 1.54) is 10.7 Å². The monoisotopic (exact) mass is 347 g/mol. The first kappa shape index (κ1) is 18.4. The second kappa shape index (κ2) is 8.78. The predicted molar refractivity (Wildman–Crippen MR) is 98.1 cm³/mol. The molecular formula is C18H25N3O2S. The van der Waals surface area contributed by atoms with E-state index in [2.05, 4.69) is 24.3 Å². The van der Waals surface area contributed by atoms with Gasteiger partial charge >= 0.3 is 0 Å². The number of thiophene rings is 1. The van der Waals surface area contributed by atoms with Crippen LogP contribution in [0.15, 0.2) is 34.4 Å². The summed E-state index contributed by atoms with van der Waals surface area (Å²) < 4.78 is 1.23. The Bertz CT molecular complexity index is 707. The van der Waals surface area contributed by atoms with Gasteiger partial charge in [0.2, 0.25) is 5.91 Å². The Labute approximate surface area is 146 Å². The van der Waals surface area contributed by atoms with Gasteiger partial charge in [-0.1, -0.05) is 32.8 Å². The summed E-state index contributed by atoms with van der Waals surface area (Å²) in [7, 11) is 0. The molecule has 2 heterocycles. The SMILES string of the molecule is CC(C)CCC[C@H](C)NC(=O)Cn1nc(-c2cccs2)ccc1=O. The van der Waals surface area contributed by atoms with Gasteiger partial charge in [0.05, 0.1) is 4.88 Å². The van der Waals surface area contributed by atoms with Crippen molar-refractivity contribution in [3.05, 3.63) is 40.0 Å². The second-order valence-corrected chi connectivity index (χ2v) is 7.43.